The predicted molar refractivity (Wildman–Crippen MR) is 86.5 cm³/mol. The van der Waals surface area contributed by atoms with E-state index >= 15 is 0 Å². The number of phenols is 2. The van der Waals surface area contributed by atoms with Crippen molar-refractivity contribution in [3.63, 3.8) is 0 Å². The third kappa shape index (κ3) is 2.99. The second-order valence-electron chi connectivity index (χ2n) is 5.44. The van der Waals surface area contributed by atoms with Gasteiger partial charge in [0.2, 0.25) is 0 Å². The zero-order valence-electron chi connectivity index (χ0n) is 12.9. The molecule has 1 heterocycles. The van der Waals surface area contributed by atoms with Gasteiger partial charge in [-0.1, -0.05) is 6.07 Å². The van der Waals surface area contributed by atoms with Gasteiger partial charge in [0, 0.05) is 18.1 Å². The summed E-state index contributed by atoms with van der Waals surface area (Å²) in [6.45, 7) is 0. The molecular formula is C18H16O6. The predicted octanol–water partition coefficient (Wildman–Crippen LogP) is 2.88. The fourth-order valence-corrected chi connectivity index (χ4v) is 2.71. The molecule has 3 rings (SSSR count). The number of benzene rings is 2. The van der Waals surface area contributed by atoms with Crippen molar-refractivity contribution < 1.29 is 29.6 Å². The fourth-order valence-electron chi connectivity index (χ4n) is 2.71. The maximum atomic E-state index is 10.6. The second kappa shape index (κ2) is 6.16. The van der Waals surface area contributed by atoms with Crippen LogP contribution in [0.3, 0.4) is 0 Å². The summed E-state index contributed by atoms with van der Waals surface area (Å²) in [7, 11) is 1.47. The highest BCUT2D eigenvalue weighted by atomic mass is 16.5. The van der Waals surface area contributed by atoms with Gasteiger partial charge in [-0.05, 0) is 41.5 Å². The van der Waals surface area contributed by atoms with Gasteiger partial charge in [0.15, 0.2) is 23.0 Å². The molecule has 3 N–H and O–H groups in total. The number of aromatic hydroxyl groups is 2. The average Bonchev–Trinajstić information content (AvgIpc) is 2.98. The number of carboxylic acid groups (broad SMARTS) is 1. The first kappa shape index (κ1) is 15.7. The van der Waals surface area contributed by atoms with Gasteiger partial charge in [-0.3, -0.25) is 0 Å². The Hall–Kier alpha value is -3.15. The standard InChI is InChI=1S/C18H16O6/c1-23-16-8-11(3-4-13(16)19)15-9-12-6-10(2-5-17(21)22)7-14(20)18(12)24-15/h2-8,15,19-20H,9H2,1H3,(H,21,22)/b5-2+. The quantitative estimate of drug-likeness (QED) is 0.747. The molecule has 0 radical (unpaired) electrons. The van der Waals surface area contributed by atoms with Crippen LogP contribution in [0.2, 0.25) is 0 Å². The van der Waals surface area contributed by atoms with Crippen LogP contribution < -0.4 is 9.47 Å². The average molecular weight is 328 g/mol. The number of hydrogen-bond acceptors (Lipinski definition) is 5. The largest absolute Gasteiger partial charge is 0.504 e. The number of methoxy groups -OCH3 is 1. The van der Waals surface area contributed by atoms with Crippen LogP contribution in [0.5, 0.6) is 23.0 Å². The van der Waals surface area contributed by atoms with Crippen molar-refractivity contribution in [1.29, 1.82) is 0 Å². The molecule has 1 unspecified atom stereocenters. The Kier molecular flexibility index (Phi) is 4.04. The zero-order chi connectivity index (χ0) is 17.3. The van der Waals surface area contributed by atoms with Gasteiger partial charge in [0.25, 0.3) is 0 Å². The summed E-state index contributed by atoms with van der Waals surface area (Å²) in [6.07, 6.45) is 2.63. The van der Waals surface area contributed by atoms with E-state index < -0.39 is 5.97 Å². The Morgan fingerprint density at radius 3 is 2.75 bits per heavy atom. The lowest BCUT2D eigenvalue weighted by Gasteiger charge is -2.13. The van der Waals surface area contributed by atoms with E-state index in [4.69, 9.17) is 14.6 Å². The number of carboxylic acids is 1. The van der Waals surface area contributed by atoms with E-state index in [1.807, 2.05) is 0 Å². The number of fused-ring (bicyclic) bond motifs is 1. The Bertz CT molecular complexity index is 824. The second-order valence-corrected chi connectivity index (χ2v) is 5.44. The van der Waals surface area contributed by atoms with E-state index in [0.717, 1.165) is 17.2 Å². The molecule has 0 bridgehead atoms. The Labute approximate surface area is 138 Å². The molecule has 0 saturated carbocycles. The Morgan fingerprint density at radius 1 is 1.25 bits per heavy atom. The molecule has 0 aliphatic carbocycles. The zero-order valence-corrected chi connectivity index (χ0v) is 12.9. The maximum Gasteiger partial charge on any atom is 0.328 e. The summed E-state index contributed by atoms with van der Waals surface area (Å²) in [5.41, 5.74) is 2.18. The first-order valence-electron chi connectivity index (χ1n) is 7.28. The minimum absolute atomic E-state index is 0.0363. The van der Waals surface area contributed by atoms with Crippen LogP contribution in [0.15, 0.2) is 36.4 Å². The SMILES string of the molecule is COc1cc(C2Cc3cc(/C=C/C(=O)O)cc(O)c3O2)ccc1O. The molecule has 1 atom stereocenters. The lowest BCUT2D eigenvalue weighted by atomic mass is 10.0. The van der Waals surface area contributed by atoms with Crippen molar-refractivity contribution in [2.75, 3.05) is 7.11 Å². The molecule has 0 fully saturated rings. The third-order valence-electron chi connectivity index (χ3n) is 3.83. The van der Waals surface area contributed by atoms with E-state index in [0.29, 0.717) is 23.5 Å². The number of aliphatic carboxylic acids is 1. The van der Waals surface area contributed by atoms with Gasteiger partial charge in [-0.25, -0.2) is 4.79 Å². The van der Waals surface area contributed by atoms with E-state index in [-0.39, 0.29) is 17.6 Å². The molecule has 1 aliphatic rings. The van der Waals surface area contributed by atoms with Gasteiger partial charge in [-0.15, -0.1) is 0 Å². The number of hydrogen-bond donors (Lipinski definition) is 3. The molecule has 2 aromatic carbocycles. The van der Waals surface area contributed by atoms with Crippen molar-refractivity contribution in [3.05, 3.63) is 53.1 Å². The lowest BCUT2D eigenvalue weighted by molar-refractivity contribution is -0.131. The fraction of sp³-hybridized carbons (Fsp3) is 0.167. The number of phenolic OH excluding ortho intramolecular Hbond substituents is 2. The number of carbonyl (C=O) groups is 1. The van der Waals surface area contributed by atoms with Gasteiger partial charge < -0.3 is 24.8 Å². The van der Waals surface area contributed by atoms with Gasteiger partial charge in [0.05, 0.1) is 7.11 Å². The molecule has 2 aromatic rings. The van der Waals surface area contributed by atoms with Crippen LogP contribution >= 0.6 is 0 Å². The van der Waals surface area contributed by atoms with Crippen molar-refractivity contribution in [2.45, 2.75) is 12.5 Å². The molecule has 0 aromatic heterocycles. The van der Waals surface area contributed by atoms with Gasteiger partial charge >= 0.3 is 5.97 Å². The summed E-state index contributed by atoms with van der Waals surface area (Å²) < 4.78 is 10.9. The molecule has 24 heavy (non-hydrogen) atoms. The molecule has 124 valence electrons. The van der Waals surface area contributed by atoms with E-state index in [1.54, 1.807) is 18.2 Å². The summed E-state index contributed by atoms with van der Waals surface area (Å²) in [6, 6.07) is 8.19. The highest BCUT2D eigenvalue weighted by Crippen LogP contribution is 2.44. The van der Waals surface area contributed by atoms with Crippen LogP contribution in [0.1, 0.15) is 22.8 Å². The summed E-state index contributed by atoms with van der Waals surface area (Å²) >= 11 is 0. The monoisotopic (exact) mass is 328 g/mol. The van der Waals surface area contributed by atoms with Crippen LogP contribution in [0.25, 0.3) is 6.08 Å². The number of ether oxygens (including phenoxy) is 2. The van der Waals surface area contributed by atoms with Gasteiger partial charge in [-0.2, -0.15) is 0 Å². The van der Waals surface area contributed by atoms with E-state index in [1.165, 1.54) is 25.3 Å². The van der Waals surface area contributed by atoms with Crippen LogP contribution in [0, 0.1) is 0 Å². The highest BCUT2D eigenvalue weighted by Gasteiger charge is 2.28. The Balaban J connectivity index is 1.89. The summed E-state index contributed by atoms with van der Waals surface area (Å²) in [4.78, 5) is 10.6. The van der Waals surface area contributed by atoms with Crippen molar-refractivity contribution >= 4 is 12.0 Å². The molecule has 6 heteroatoms. The van der Waals surface area contributed by atoms with Crippen molar-refractivity contribution in [3.8, 4) is 23.0 Å². The number of rotatable bonds is 4. The third-order valence-corrected chi connectivity index (χ3v) is 3.83. The molecule has 1 aliphatic heterocycles. The normalized spacial score (nSPS) is 16.0. The summed E-state index contributed by atoms with van der Waals surface area (Å²) in [5.74, 6) is -0.312. The molecule has 0 saturated heterocycles. The lowest BCUT2D eigenvalue weighted by Crippen LogP contribution is -2.03. The molecular weight excluding hydrogens is 312 g/mol. The van der Waals surface area contributed by atoms with Crippen LogP contribution in [-0.2, 0) is 11.2 Å². The minimum Gasteiger partial charge on any atom is -0.504 e. The maximum absolute atomic E-state index is 10.6. The minimum atomic E-state index is -1.06. The molecule has 0 spiro atoms. The van der Waals surface area contributed by atoms with Crippen molar-refractivity contribution in [1.82, 2.24) is 0 Å². The topological polar surface area (TPSA) is 96.2 Å². The van der Waals surface area contributed by atoms with Gasteiger partial charge in [0.1, 0.15) is 6.10 Å². The highest BCUT2D eigenvalue weighted by molar-refractivity contribution is 5.85. The molecule has 6 nitrogen and oxygen atoms in total. The first-order valence-corrected chi connectivity index (χ1v) is 7.28. The van der Waals surface area contributed by atoms with Crippen LogP contribution in [0.4, 0.5) is 0 Å². The summed E-state index contributed by atoms with van der Waals surface area (Å²) in [5, 5.41) is 28.5. The smallest absolute Gasteiger partial charge is 0.328 e. The van der Waals surface area contributed by atoms with Crippen molar-refractivity contribution in [2.24, 2.45) is 0 Å². The first-order chi connectivity index (χ1) is 11.5. The van der Waals surface area contributed by atoms with E-state index in [2.05, 4.69) is 0 Å². The molecule has 0 amide bonds. The van der Waals surface area contributed by atoms with Crippen LogP contribution in [-0.4, -0.2) is 28.4 Å². The Morgan fingerprint density at radius 2 is 2.04 bits per heavy atom. The van der Waals surface area contributed by atoms with E-state index in [9.17, 15) is 15.0 Å².